The Hall–Kier alpha value is -2.09. The molecule has 304 valence electrons. The lowest BCUT2D eigenvalue weighted by molar-refractivity contribution is -0.152. The number of nitrogens with zero attached hydrogens (tertiary/aromatic N) is 1. The molecule has 0 radical (unpaired) electrons. The number of alkyl carbamates (subject to hydrolysis) is 1. The van der Waals surface area contributed by atoms with Gasteiger partial charge in [-0.25, -0.2) is 4.79 Å². The van der Waals surface area contributed by atoms with E-state index in [9.17, 15) is 14.4 Å². The fraction of sp³-hybridized carbons (Fsp3) is 0.886. The summed E-state index contributed by atoms with van der Waals surface area (Å²) in [6.07, 6.45) is 35.8. The molecule has 1 aliphatic rings. The van der Waals surface area contributed by atoms with Crippen molar-refractivity contribution in [2.75, 3.05) is 26.3 Å². The molecule has 1 saturated heterocycles. The maximum Gasteiger partial charge on any atom is 0.407 e. The molecule has 1 amide bonds. The molecule has 0 bridgehead atoms. The van der Waals surface area contributed by atoms with Crippen molar-refractivity contribution in [2.45, 2.75) is 226 Å². The van der Waals surface area contributed by atoms with Crippen LogP contribution in [-0.2, 0) is 23.8 Å². The maximum atomic E-state index is 12.6. The Morgan fingerprint density at radius 3 is 1.33 bits per heavy atom. The number of likely N-dealkylation sites (tertiary alicyclic amines) is 1. The van der Waals surface area contributed by atoms with Gasteiger partial charge in [0, 0.05) is 32.0 Å². The first kappa shape index (κ1) is 47.9. The smallest absolute Gasteiger partial charge is 0.407 e. The molecule has 0 aliphatic carbocycles. The van der Waals surface area contributed by atoms with E-state index in [2.05, 4.69) is 50.1 Å². The highest BCUT2D eigenvalue weighted by Crippen LogP contribution is 2.15. The highest BCUT2D eigenvalue weighted by atomic mass is 16.6. The van der Waals surface area contributed by atoms with E-state index in [1.54, 1.807) is 0 Å². The van der Waals surface area contributed by atoms with Crippen molar-refractivity contribution in [1.82, 2.24) is 10.2 Å². The third kappa shape index (κ3) is 29.4. The molecule has 0 spiro atoms. The molecule has 1 atom stereocenters. The third-order valence-corrected chi connectivity index (χ3v) is 10.2. The highest BCUT2D eigenvalue weighted by molar-refractivity contribution is 5.70. The van der Waals surface area contributed by atoms with Crippen molar-refractivity contribution < 1.29 is 28.6 Å². The van der Waals surface area contributed by atoms with Crippen molar-refractivity contribution in [1.29, 1.82) is 0 Å². The van der Waals surface area contributed by atoms with Gasteiger partial charge in [0.15, 0.2) is 6.10 Å². The molecule has 1 heterocycles. The van der Waals surface area contributed by atoms with Gasteiger partial charge in [-0.1, -0.05) is 154 Å². The number of nitrogens with one attached hydrogen (secondary N) is 1. The largest absolute Gasteiger partial charge is 0.462 e. The van der Waals surface area contributed by atoms with Crippen molar-refractivity contribution in [3.05, 3.63) is 12.2 Å². The van der Waals surface area contributed by atoms with Crippen LogP contribution in [0.5, 0.6) is 0 Å². The van der Waals surface area contributed by atoms with E-state index in [1.165, 1.54) is 122 Å². The molecule has 1 unspecified atom stereocenters. The Morgan fingerprint density at radius 2 is 0.942 bits per heavy atom. The minimum Gasteiger partial charge on any atom is -0.462 e. The first-order chi connectivity index (χ1) is 25.3. The van der Waals surface area contributed by atoms with Gasteiger partial charge in [-0.15, -0.1) is 0 Å². The van der Waals surface area contributed by atoms with Gasteiger partial charge >= 0.3 is 18.0 Å². The number of hydrogen-bond donors (Lipinski definition) is 1. The lowest BCUT2D eigenvalue weighted by Gasteiger charge is -2.42. The molecular formula is C44H82N2O6. The lowest BCUT2D eigenvalue weighted by atomic mass is 10.0. The molecule has 0 saturated carbocycles. The number of ether oxygens (including phenoxy) is 3. The van der Waals surface area contributed by atoms with Crippen molar-refractivity contribution in [3.8, 4) is 0 Å². The fourth-order valence-corrected chi connectivity index (χ4v) is 6.64. The van der Waals surface area contributed by atoms with E-state index >= 15 is 0 Å². The Morgan fingerprint density at radius 1 is 0.577 bits per heavy atom. The van der Waals surface area contributed by atoms with Gasteiger partial charge in [0.05, 0.1) is 6.04 Å². The average Bonchev–Trinajstić information content (AvgIpc) is 3.10. The maximum absolute atomic E-state index is 12.6. The van der Waals surface area contributed by atoms with Crippen LogP contribution in [-0.4, -0.2) is 67.4 Å². The summed E-state index contributed by atoms with van der Waals surface area (Å²) in [5.74, 6) is -0.611. The summed E-state index contributed by atoms with van der Waals surface area (Å²) in [5, 5.41) is 2.88. The zero-order chi connectivity index (χ0) is 37.9. The Labute approximate surface area is 320 Å². The number of amides is 1. The van der Waals surface area contributed by atoms with Crippen LogP contribution in [0, 0.1) is 0 Å². The monoisotopic (exact) mass is 735 g/mol. The van der Waals surface area contributed by atoms with Crippen LogP contribution >= 0.6 is 0 Å². The quantitative estimate of drug-likeness (QED) is 0.0296. The Balaban J connectivity index is 2.22. The first-order valence-corrected chi connectivity index (χ1v) is 22.0. The van der Waals surface area contributed by atoms with Crippen LogP contribution in [0.1, 0.15) is 207 Å². The van der Waals surface area contributed by atoms with Crippen LogP contribution in [0.15, 0.2) is 12.2 Å². The van der Waals surface area contributed by atoms with Gasteiger partial charge in [-0.05, 0) is 52.4 Å². The molecule has 8 heteroatoms. The molecule has 0 aromatic heterocycles. The van der Waals surface area contributed by atoms with E-state index < -0.39 is 12.2 Å². The summed E-state index contributed by atoms with van der Waals surface area (Å²) in [7, 11) is 0. The van der Waals surface area contributed by atoms with Gasteiger partial charge < -0.3 is 19.5 Å². The van der Waals surface area contributed by atoms with E-state index in [0.29, 0.717) is 18.9 Å². The second-order valence-corrected chi connectivity index (χ2v) is 15.6. The average molecular weight is 735 g/mol. The lowest BCUT2D eigenvalue weighted by Crippen LogP contribution is -2.61. The summed E-state index contributed by atoms with van der Waals surface area (Å²) in [4.78, 5) is 39.9. The van der Waals surface area contributed by atoms with Crippen LogP contribution in [0.2, 0.25) is 0 Å². The summed E-state index contributed by atoms with van der Waals surface area (Å²) in [6.45, 7) is 10.1. The minimum atomic E-state index is -0.838. The number of esters is 2. The normalized spacial score (nSPS) is 14.1. The molecule has 1 aliphatic heterocycles. The number of carbonyl (C=O) groups excluding carboxylic acids is 3. The van der Waals surface area contributed by atoms with Gasteiger partial charge in [0.1, 0.15) is 13.2 Å². The Bertz CT molecular complexity index is 888. The zero-order valence-electron chi connectivity index (χ0n) is 34.4. The number of hydrogen-bond acceptors (Lipinski definition) is 7. The topological polar surface area (TPSA) is 94.2 Å². The molecular weight excluding hydrogens is 652 g/mol. The van der Waals surface area contributed by atoms with Crippen LogP contribution in [0.3, 0.4) is 0 Å². The van der Waals surface area contributed by atoms with Crippen molar-refractivity contribution >= 4 is 18.0 Å². The van der Waals surface area contributed by atoms with Gasteiger partial charge in [-0.3, -0.25) is 14.5 Å². The second-order valence-electron chi connectivity index (χ2n) is 15.6. The molecule has 0 aromatic rings. The highest BCUT2D eigenvalue weighted by Gasteiger charge is 2.31. The fourth-order valence-electron chi connectivity index (χ4n) is 6.64. The summed E-state index contributed by atoms with van der Waals surface area (Å²) in [5.41, 5.74) is 0. The van der Waals surface area contributed by atoms with Crippen LogP contribution in [0.25, 0.3) is 0 Å². The van der Waals surface area contributed by atoms with Crippen molar-refractivity contribution in [2.24, 2.45) is 0 Å². The SMILES string of the molecule is CCCCCCCC/C=C\CCCCCCCC(=O)OCC(COC(=O)CCCCCCCCCCCCCCC)OC(=O)NC1CN(C(C)C)C1. The summed E-state index contributed by atoms with van der Waals surface area (Å²) >= 11 is 0. The number of carbonyl (C=O) groups is 3. The molecule has 1 rings (SSSR count). The first-order valence-electron chi connectivity index (χ1n) is 22.0. The molecule has 1 fully saturated rings. The number of allylic oxidation sites excluding steroid dienone is 2. The standard InChI is InChI=1S/C44H82N2O6/c1-5-7-9-11-13-15-17-19-20-22-24-26-28-30-32-34-43(48)51-38-41(52-44(49)45-40-35-46(36-40)39(3)4)37-50-42(47)33-31-29-27-25-23-21-18-16-14-12-10-8-6-2/h19-20,39-41H,5-18,21-38H2,1-4H3,(H,45,49)/b20-19-. The van der Waals surface area contributed by atoms with Gasteiger partial charge in [0.2, 0.25) is 0 Å². The Kier molecular flexibility index (Phi) is 32.0. The zero-order valence-corrected chi connectivity index (χ0v) is 34.4. The molecule has 0 aromatic carbocycles. The molecule has 1 N–H and O–H groups in total. The predicted octanol–water partition coefficient (Wildman–Crippen LogP) is 11.8. The van der Waals surface area contributed by atoms with E-state index in [4.69, 9.17) is 14.2 Å². The molecule has 52 heavy (non-hydrogen) atoms. The number of unbranched alkanes of at least 4 members (excludes halogenated alkanes) is 23. The van der Waals surface area contributed by atoms with Crippen LogP contribution < -0.4 is 5.32 Å². The van der Waals surface area contributed by atoms with E-state index in [-0.39, 0.29) is 31.2 Å². The van der Waals surface area contributed by atoms with E-state index in [1.807, 2.05) is 0 Å². The van der Waals surface area contributed by atoms with Gasteiger partial charge in [-0.2, -0.15) is 0 Å². The minimum absolute atomic E-state index is 0.0253. The number of rotatable bonds is 36. The second kappa shape index (κ2) is 34.7. The van der Waals surface area contributed by atoms with E-state index in [0.717, 1.165) is 58.0 Å². The molecule has 8 nitrogen and oxygen atoms in total. The predicted molar refractivity (Wildman–Crippen MR) is 216 cm³/mol. The van der Waals surface area contributed by atoms with Crippen LogP contribution in [0.4, 0.5) is 4.79 Å². The van der Waals surface area contributed by atoms with Crippen molar-refractivity contribution in [3.63, 3.8) is 0 Å². The summed E-state index contributed by atoms with van der Waals surface area (Å²) < 4.78 is 16.5. The third-order valence-electron chi connectivity index (χ3n) is 10.2. The van der Waals surface area contributed by atoms with Gasteiger partial charge in [0.25, 0.3) is 0 Å². The summed E-state index contributed by atoms with van der Waals surface area (Å²) in [6, 6.07) is 0.453.